The van der Waals surface area contributed by atoms with Crippen LogP contribution >= 0.6 is 0 Å². The minimum absolute atomic E-state index is 0.182. The van der Waals surface area contributed by atoms with E-state index in [0.29, 0.717) is 6.42 Å². The van der Waals surface area contributed by atoms with Crippen molar-refractivity contribution in [2.45, 2.75) is 12.5 Å². The highest BCUT2D eigenvalue weighted by Crippen LogP contribution is 2.30. The summed E-state index contributed by atoms with van der Waals surface area (Å²) >= 11 is 0. The molecular weight excluding hydrogens is 176 g/mol. The second-order valence-electron chi connectivity index (χ2n) is 3.62. The standard InChI is InChI=1S/C11H14N2O/c1-12-10(8-11(14)13(12)2)9-6-4-3-5-7-9/h3-7,10H,8H2,1-2H3. The molecule has 1 saturated heterocycles. The van der Waals surface area contributed by atoms with Gasteiger partial charge in [-0.15, -0.1) is 0 Å². The first-order chi connectivity index (χ1) is 6.70. The van der Waals surface area contributed by atoms with E-state index in [1.807, 2.05) is 37.3 Å². The molecule has 0 N–H and O–H groups in total. The van der Waals surface area contributed by atoms with Crippen molar-refractivity contribution in [3.05, 3.63) is 35.9 Å². The fourth-order valence-electron chi connectivity index (χ4n) is 1.82. The normalized spacial score (nSPS) is 23.1. The quantitative estimate of drug-likeness (QED) is 0.669. The van der Waals surface area contributed by atoms with E-state index < -0.39 is 0 Å². The van der Waals surface area contributed by atoms with E-state index in [9.17, 15) is 4.79 Å². The summed E-state index contributed by atoms with van der Waals surface area (Å²) < 4.78 is 0. The van der Waals surface area contributed by atoms with E-state index >= 15 is 0 Å². The zero-order valence-corrected chi connectivity index (χ0v) is 8.47. The number of benzene rings is 1. The van der Waals surface area contributed by atoms with Gasteiger partial charge in [0.2, 0.25) is 5.91 Å². The predicted octanol–water partition coefficient (Wildman–Crippen LogP) is 1.44. The van der Waals surface area contributed by atoms with Gasteiger partial charge in [-0.25, -0.2) is 5.01 Å². The van der Waals surface area contributed by atoms with Crippen LogP contribution in [0.2, 0.25) is 0 Å². The lowest BCUT2D eigenvalue weighted by Crippen LogP contribution is -2.33. The van der Waals surface area contributed by atoms with E-state index in [1.54, 1.807) is 5.01 Å². The van der Waals surface area contributed by atoms with Crippen LogP contribution in [-0.4, -0.2) is 30.0 Å². The number of carbonyl (C=O) groups excluding carboxylic acids is 1. The number of hydrogen-bond donors (Lipinski definition) is 0. The Bertz CT molecular complexity index is 336. The molecule has 3 heteroatoms. The summed E-state index contributed by atoms with van der Waals surface area (Å²) in [5.74, 6) is 0.182. The molecule has 74 valence electrons. The van der Waals surface area contributed by atoms with Gasteiger partial charge in [0.25, 0.3) is 0 Å². The van der Waals surface area contributed by atoms with Gasteiger partial charge in [-0.1, -0.05) is 30.3 Å². The molecule has 0 aromatic heterocycles. The molecule has 14 heavy (non-hydrogen) atoms. The Balaban J connectivity index is 2.26. The average molecular weight is 190 g/mol. The Labute approximate surface area is 83.9 Å². The third-order valence-electron chi connectivity index (χ3n) is 2.84. The fourth-order valence-corrected chi connectivity index (χ4v) is 1.82. The minimum atomic E-state index is 0.182. The lowest BCUT2D eigenvalue weighted by Gasteiger charge is -2.24. The maximum atomic E-state index is 11.5. The first-order valence-corrected chi connectivity index (χ1v) is 4.74. The van der Waals surface area contributed by atoms with Gasteiger partial charge in [-0.05, 0) is 5.56 Å². The molecule has 1 fully saturated rings. The molecule has 1 atom stereocenters. The molecule has 1 aromatic carbocycles. The summed E-state index contributed by atoms with van der Waals surface area (Å²) in [6, 6.07) is 10.3. The Morgan fingerprint density at radius 2 is 1.86 bits per heavy atom. The van der Waals surface area contributed by atoms with Gasteiger partial charge in [0.15, 0.2) is 0 Å². The number of hydrogen-bond acceptors (Lipinski definition) is 2. The largest absolute Gasteiger partial charge is 0.278 e. The molecule has 1 amide bonds. The minimum Gasteiger partial charge on any atom is -0.278 e. The van der Waals surface area contributed by atoms with Crippen molar-refractivity contribution in [1.29, 1.82) is 0 Å². The molecule has 0 bridgehead atoms. The molecular formula is C11H14N2O. The Morgan fingerprint density at radius 3 is 2.36 bits per heavy atom. The van der Waals surface area contributed by atoms with E-state index in [4.69, 9.17) is 0 Å². The van der Waals surface area contributed by atoms with E-state index in [1.165, 1.54) is 5.56 Å². The molecule has 0 spiro atoms. The van der Waals surface area contributed by atoms with Crippen LogP contribution in [0.25, 0.3) is 0 Å². The first-order valence-electron chi connectivity index (χ1n) is 4.74. The summed E-state index contributed by atoms with van der Waals surface area (Å²) in [7, 11) is 3.76. The van der Waals surface area contributed by atoms with Crippen LogP contribution < -0.4 is 0 Å². The molecule has 1 aliphatic rings. The highest BCUT2D eigenvalue weighted by atomic mass is 16.2. The molecule has 1 unspecified atom stereocenters. The van der Waals surface area contributed by atoms with Gasteiger partial charge in [0.05, 0.1) is 6.04 Å². The van der Waals surface area contributed by atoms with Crippen molar-refractivity contribution in [3.8, 4) is 0 Å². The number of hydrazine groups is 1. The molecule has 1 aliphatic heterocycles. The van der Waals surface area contributed by atoms with Crippen molar-refractivity contribution in [2.24, 2.45) is 0 Å². The van der Waals surface area contributed by atoms with Crippen LogP contribution in [0, 0.1) is 0 Å². The van der Waals surface area contributed by atoms with Crippen molar-refractivity contribution < 1.29 is 4.79 Å². The second-order valence-corrected chi connectivity index (χ2v) is 3.62. The van der Waals surface area contributed by atoms with Gasteiger partial charge >= 0.3 is 0 Å². The number of rotatable bonds is 1. The van der Waals surface area contributed by atoms with Gasteiger partial charge in [0, 0.05) is 20.5 Å². The van der Waals surface area contributed by atoms with Crippen molar-refractivity contribution >= 4 is 5.91 Å². The van der Waals surface area contributed by atoms with E-state index in [0.717, 1.165) is 0 Å². The van der Waals surface area contributed by atoms with Crippen LogP contribution in [0.1, 0.15) is 18.0 Å². The smallest absolute Gasteiger partial charge is 0.238 e. The molecule has 0 aliphatic carbocycles. The summed E-state index contributed by atoms with van der Waals surface area (Å²) in [5, 5.41) is 3.66. The summed E-state index contributed by atoms with van der Waals surface area (Å²) in [4.78, 5) is 11.5. The third kappa shape index (κ3) is 1.40. The zero-order valence-electron chi connectivity index (χ0n) is 8.47. The summed E-state index contributed by atoms with van der Waals surface area (Å²) in [6.07, 6.45) is 0.580. The second kappa shape index (κ2) is 3.42. The Hall–Kier alpha value is -1.35. The summed E-state index contributed by atoms with van der Waals surface area (Å²) in [6.45, 7) is 0. The highest BCUT2D eigenvalue weighted by molar-refractivity contribution is 5.78. The maximum absolute atomic E-state index is 11.5. The maximum Gasteiger partial charge on any atom is 0.238 e. The molecule has 0 radical (unpaired) electrons. The highest BCUT2D eigenvalue weighted by Gasteiger charge is 2.33. The van der Waals surface area contributed by atoms with Crippen LogP contribution in [-0.2, 0) is 4.79 Å². The number of amides is 1. The van der Waals surface area contributed by atoms with E-state index in [2.05, 4.69) is 12.1 Å². The summed E-state index contributed by atoms with van der Waals surface area (Å²) in [5.41, 5.74) is 1.20. The van der Waals surface area contributed by atoms with Crippen LogP contribution in [0.4, 0.5) is 0 Å². The Morgan fingerprint density at radius 1 is 1.21 bits per heavy atom. The van der Waals surface area contributed by atoms with Crippen LogP contribution in [0.3, 0.4) is 0 Å². The third-order valence-corrected chi connectivity index (χ3v) is 2.84. The fraction of sp³-hybridized carbons (Fsp3) is 0.364. The van der Waals surface area contributed by atoms with Crippen LogP contribution in [0.15, 0.2) is 30.3 Å². The number of nitrogens with zero attached hydrogens (tertiary/aromatic N) is 2. The Kier molecular flexibility index (Phi) is 2.25. The first kappa shape index (κ1) is 9.21. The molecule has 1 heterocycles. The lowest BCUT2D eigenvalue weighted by molar-refractivity contribution is -0.134. The van der Waals surface area contributed by atoms with Gasteiger partial charge in [0.1, 0.15) is 0 Å². The van der Waals surface area contributed by atoms with Crippen molar-refractivity contribution in [3.63, 3.8) is 0 Å². The lowest BCUT2D eigenvalue weighted by atomic mass is 10.1. The van der Waals surface area contributed by atoms with Crippen molar-refractivity contribution in [1.82, 2.24) is 10.0 Å². The van der Waals surface area contributed by atoms with E-state index in [-0.39, 0.29) is 11.9 Å². The monoisotopic (exact) mass is 190 g/mol. The molecule has 1 aromatic rings. The topological polar surface area (TPSA) is 23.6 Å². The zero-order chi connectivity index (χ0) is 10.1. The predicted molar refractivity (Wildman–Crippen MR) is 54.3 cm³/mol. The molecule has 0 saturated carbocycles. The van der Waals surface area contributed by atoms with Gasteiger partial charge in [-0.3, -0.25) is 9.80 Å². The van der Waals surface area contributed by atoms with Crippen LogP contribution in [0.5, 0.6) is 0 Å². The molecule has 2 rings (SSSR count). The molecule has 3 nitrogen and oxygen atoms in total. The average Bonchev–Trinajstić information content (AvgIpc) is 2.47. The number of carbonyl (C=O) groups is 1. The van der Waals surface area contributed by atoms with Gasteiger partial charge in [-0.2, -0.15) is 0 Å². The van der Waals surface area contributed by atoms with Crippen molar-refractivity contribution in [2.75, 3.05) is 14.1 Å². The SMILES string of the molecule is CN1C(=O)CC(c2ccccc2)N1C. The van der Waals surface area contributed by atoms with Gasteiger partial charge < -0.3 is 0 Å².